The molecule has 1 amide bonds. The van der Waals surface area contributed by atoms with Crippen LogP contribution in [-0.4, -0.2) is 67.3 Å². The van der Waals surface area contributed by atoms with Crippen LogP contribution in [0.4, 0.5) is 21.5 Å². The minimum Gasteiger partial charge on any atom is -0.382 e. The van der Waals surface area contributed by atoms with E-state index < -0.39 is 0 Å². The van der Waals surface area contributed by atoms with Crippen molar-refractivity contribution in [3.63, 3.8) is 0 Å². The number of nitriles is 1. The average molecular weight is 575 g/mol. The molecule has 41 heavy (non-hydrogen) atoms. The van der Waals surface area contributed by atoms with Crippen LogP contribution in [-0.2, 0) is 0 Å². The fraction of sp³-hybridized carbons (Fsp3) is 0.375. The van der Waals surface area contributed by atoms with E-state index in [0.717, 1.165) is 64.6 Å². The number of likely N-dealkylation sites (tertiary alicyclic amines) is 1. The van der Waals surface area contributed by atoms with Gasteiger partial charge in [-0.3, -0.25) is 4.79 Å². The van der Waals surface area contributed by atoms with Crippen molar-refractivity contribution in [3.05, 3.63) is 83.6 Å². The summed E-state index contributed by atoms with van der Waals surface area (Å²) < 4.78 is 13.3. The lowest BCUT2D eigenvalue weighted by Crippen LogP contribution is -2.49. The predicted octanol–water partition coefficient (Wildman–Crippen LogP) is 6.31. The molecule has 216 valence electrons. The number of rotatable bonds is 9. The van der Waals surface area contributed by atoms with E-state index in [9.17, 15) is 14.5 Å². The van der Waals surface area contributed by atoms with Crippen molar-refractivity contribution in [2.75, 3.05) is 61.3 Å². The maximum Gasteiger partial charge on any atom is 0.254 e. The molecule has 2 aliphatic rings. The summed E-state index contributed by atoms with van der Waals surface area (Å²) in [6.45, 7) is 15.9. The van der Waals surface area contributed by atoms with E-state index in [2.05, 4.69) is 47.3 Å². The summed E-state index contributed by atoms with van der Waals surface area (Å²) in [5, 5.41) is 13.1. The SMILES string of the molecule is C=C/C(C#N)=C(\C=C)N1CCC(Nc2cc(C(=O)N3CCN(c4cccc(NF)c4SC)CC3)c(C)cc2C)CC1. The Labute approximate surface area is 247 Å². The van der Waals surface area contributed by atoms with Crippen LogP contribution < -0.4 is 15.8 Å². The molecule has 2 N–H and O–H groups in total. The second kappa shape index (κ2) is 13.6. The molecule has 0 aromatic heterocycles. The normalized spacial score (nSPS) is 16.5. The highest BCUT2D eigenvalue weighted by Crippen LogP contribution is 2.36. The van der Waals surface area contributed by atoms with Crippen LogP contribution in [0, 0.1) is 25.2 Å². The summed E-state index contributed by atoms with van der Waals surface area (Å²) in [5.74, 6) is 0.0403. The Bertz CT molecular complexity index is 1370. The highest BCUT2D eigenvalue weighted by molar-refractivity contribution is 7.99. The van der Waals surface area contributed by atoms with E-state index in [0.29, 0.717) is 37.4 Å². The van der Waals surface area contributed by atoms with Gasteiger partial charge in [0, 0.05) is 56.6 Å². The third-order valence-corrected chi connectivity index (χ3v) is 8.84. The number of piperazine rings is 1. The minimum atomic E-state index is 0.0403. The summed E-state index contributed by atoms with van der Waals surface area (Å²) >= 11 is 1.51. The first-order chi connectivity index (χ1) is 19.8. The van der Waals surface area contributed by atoms with Gasteiger partial charge in [0.15, 0.2) is 0 Å². The number of allylic oxidation sites excluding steroid dienone is 3. The van der Waals surface area contributed by atoms with E-state index in [4.69, 9.17) is 0 Å². The van der Waals surface area contributed by atoms with Crippen LogP contribution in [0.2, 0.25) is 0 Å². The molecule has 7 nitrogen and oxygen atoms in total. The van der Waals surface area contributed by atoms with Gasteiger partial charge in [-0.25, -0.2) is 5.54 Å². The van der Waals surface area contributed by atoms with Gasteiger partial charge in [-0.05, 0) is 74.4 Å². The molecular weight excluding hydrogens is 535 g/mol. The van der Waals surface area contributed by atoms with Gasteiger partial charge >= 0.3 is 0 Å². The van der Waals surface area contributed by atoms with Gasteiger partial charge in [0.05, 0.1) is 27.5 Å². The fourth-order valence-corrected chi connectivity index (χ4v) is 6.46. The summed E-state index contributed by atoms with van der Waals surface area (Å²) in [6.07, 6.45) is 7.07. The standard InChI is InChI=1S/C32H39FN6OS/c1-6-24(21-34)29(7-2)37-13-11-25(12-14-37)35-28-20-26(22(3)19-23(28)4)32(40)39-17-15-38(16-18-39)30-10-8-9-27(36-33)31(30)41-5/h6-10,19-20,25,35-36H,1-2,11-18H2,3-5H3/b29-24-. The summed E-state index contributed by atoms with van der Waals surface area (Å²) in [4.78, 5) is 20.9. The van der Waals surface area contributed by atoms with Gasteiger partial charge in [-0.1, -0.05) is 25.3 Å². The second-order valence-corrected chi connectivity index (χ2v) is 11.3. The number of hydrogen-bond donors (Lipinski definition) is 2. The summed E-state index contributed by atoms with van der Waals surface area (Å²) in [7, 11) is 0. The van der Waals surface area contributed by atoms with Crippen molar-refractivity contribution in [3.8, 4) is 6.07 Å². The molecule has 2 aromatic carbocycles. The second-order valence-electron chi connectivity index (χ2n) is 10.4. The zero-order valence-electron chi connectivity index (χ0n) is 24.2. The molecular formula is C32H39FN6OS. The Hall–Kier alpha value is -3.90. The van der Waals surface area contributed by atoms with Gasteiger partial charge in [0.25, 0.3) is 5.91 Å². The molecule has 4 rings (SSSR count). The van der Waals surface area contributed by atoms with Crippen LogP contribution in [0.15, 0.2) is 71.8 Å². The topological polar surface area (TPSA) is 74.6 Å². The molecule has 0 spiro atoms. The summed E-state index contributed by atoms with van der Waals surface area (Å²) in [5.41, 5.74) is 8.41. The lowest BCUT2D eigenvalue weighted by atomic mass is 9.99. The Morgan fingerprint density at radius 1 is 1.02 bits per heavy atom. The van der Waals surface area contributed by atoms with E-state index in [-0.39, 0.29) is 11.9 Å². The van der Waals surface area contributed by atoms with Crippen molar-refractivity contribution in [2.45, 2.75) is 37.6 Å². The Balaban J connectivity index is 1.42. The number of halogens is 1. The molecule has 0 radical (unpaired) electrons. The van der Waals surface area contributed by atoms with Crippen LogP contribution in [0.5, 0.6) is 0 Å². The van der Waals surface area contributed by atoms with Gasteiger partial charge < -0.3 is 20.0 Å². The maximum atomic E-state index is 13.7. The van der Waals surface area contributed by atoms with Crippen LogP contribution in [0.3, 0.4) is 0 Å². The molecule has 0 bridgehead atoms. The van der Waals surface area contributed by atoms with Crippen molar-refractivity contribution < 1.29 is 9.28 Å². The maximum absolute atomic E-state index is 13.7. The Kier molecular flexibility index (Phi) is 10.0. The molecule has 2 saturated heterocycles. The monoisotopic (exact) mass is 574 g/mol. The van der Waals surface area contributed by atoms with E-state index >= 15 is 0 Å². The lowest BCUT2D eigenvalue weighted by molar-refractivity contribution is 0.0746. The van der Waals surface area contributed by atoms with Gasteiger partial charge in [-0.15, -0.1) is 16.2 Å². The quantitative estimate of drug-likeness (QED) is 0.157. The zero-order valence-corrected chi connectivity index (χ0v) is 25.0. The molecule has 2 fully saturated rings. The highest BCUT2D eigenvalue weighted by atomic mass is 32.2. The lowest BCUT2D eigenvalue weighted by Gasteiger charge is -2.37. The first kappa shape index (κ1) is 30.1. The van der Waals surface area contributed by atoms with E-state index in [1.807, 2.05) is 36.3 Å². The number of aryl methyl sites for hydroxylation is 2. The molecule has 0 atom stereocenters. The number of nitrogens with one attached hydrogen (secondary N) is 2. The van der Waals surface area contributed by atoms with Crippen LogP contribution in [0.1, 0.15) is 34.3 Å². The highest BCUT2D eigenvalue weighted by Gasteiger charge is 2.27. The molecule has 0 unspecified atom stereocenters. The number of anilines is 3. The predicted molar refractivity (Wildman–Crippen MR) is 168 cm³/mol. The van der Waals surface area contributed by atoms with Crippen molar-refractivity contribution in [2.24, 2.45) is 0 Å². The number of nitrogens with zero attached hydrogens (tertiary/aromatic N) is 4. The first-order valence-corrected chi connectivity index (χ1v) is 15.2. The van der Waals surface area contributed by atoms with Gasteiger partial charge in [0.1, 0.15) is 6.07 Å². The number of hydrogen-bond acceptors (Lipinski definition) is 7. The van der Waals surface area contributed by atoms with Crippen molar-refractivity contribution in [1.29, 1.82) is 5.26 Å². The van der Waals surface area contributed by atoms with Crippen molar-refractivity contribution in [1.82, 2.24) is 9.80 Å². The van der Waals surface area contributed by atoms with Crippen LogP contribution in [0.25, 0.3) is 0 Å². The van der Waals surface area contributed by atoms with E-state index in [1.54, 1.807) is 23.8 Å². The number of amides is 1. The van der Waals surface area contributed by atoms with Gasteiger partial charge in [0.2, 0.25) is 0 Å². The summed E-state index contributed by atoms with van der Waals surface area (Å²) in [6, 6.07) is 12.1. The molecule has 2 aromatic rings. The molecule has 2 aliphatic heterocycles. The van der Waals surface area contributed by atoms with E-state index in [1.165, 1.54) is 11.8 Å². The zero-order chi connectivity index (χ0) is 29.5. The number of carbonyl (C=O) groups excluding carboxylic acids is 1. The third kappa shape index (κ3) is 6.54. The molecule has 0 saturated carbocycles. The fourth-order valence-electron chi connectivity index (χ4n) is 5.72. The molecule has 9 heteroatoms. The first-order valence-electron chi connectivity index (χ1n) is 13.9. The largest absolute Gasteiger partial charge is 0.382 e. The Morgan fingerprint density at radius 2 is 1.73 bits per heavy atom. The van der Waals surface area contributed by atoms with Crippen LogP contribution >= 0.6 is 11.8 Å². The van der Waals surface area contributed by atoms with Gasteiger partial charge in [-0.2, -0.15) is 5.26 Å². The average Bonchev–Trinajstić information content (AvgIpc) is 3.00. The number of thioether (sulfide) groups is 1. The Morgan fingerprint density at radius 3 is 2.32 bits per heavy atom. The smallest absolute Gasteiger partial charge is 0.254 e. The third-order valence-electron chi connectivity index (χ3n) is 8.00. The number of benzene rings is 2. The van der Waals surface area contributed by atoms with Crippen molar-refractivity contribution >= 4 is 34.7 Å². The number of piperidine rings is 1. The molecule has 0 aliphatic carbocycles. The molecule has 2 heterocycles. The number of carbonyl (C=O) groups is 1. The minimum absolute atomic E-state index is 0.0403.